The van der Waals surface area contributed by atoms with Gasteiger partial charge in [-0.25, -0.2) is 0 Å². The predicted molar refractivity (Wildman–Crippen MR) is 98.4 cm³/mol. The molecular weight excluding hydrogens is 398 g/mol. The first kappa shape index (κ1) is 16.7. The van der Waals surface area contributed by atoms with E-state index >= 15 is 0 Å². The number of aromatic nitrogens is 4. The molecule has 1 aliphatic rings. The Balaban J connectivity index is 1.42. The number of fused-ring (bicyclic) bond motifs is 1. The van der Waals surface area contributed by atoms with Crippen LogP contribution >= 0.6 is 15.9 Å². The monoisotopic (exact) mass is 413 g/mol. The van der Waals surface area contributed by atoms with Crippen molar-refractivity contribution in [1.29, 1.82) is 0 Å². The van der Waals surface area contributed by atoms with E-state index in [1.807, 2.05) is 48.5 Å². The van der Waals surface area contributed by atoms with E-state index in [4.69, 9.17) is 4.74 Å². The van der Waals surface area contributed by atoms with Crippen molar-refractivity contribution in [3.8, 4) is 17.1 Å². The molecule has 1 N–H and O–H groups in total. The van der Waals surface area contributed by atoms with E-state index in [0.29, 0.717) is 12.4 Å². The van der Waals surface area contributed by atoms with Crippen LogP contribution in [0.5, 0.6) is 5.75 Å². The van der Waals surface area contributed by atoms with Gasteiger partial charge in [-0.2, -0.15) is 4.80 Å². The number of nitrogens with one attached hydrogen (secondary N) is 1. The summed E-state index contributed by atoms with van der Waals surface area (Å²) >= 11 is 3.39. The molecule has 1 amide bonds. The van der Waals surface area contributed by atoms with Gasteiger partial charge in [0.05, 0.1) is 12.6 Å². The van der Waals surface area contributed by atoms with Crippen LogP contribution < -0.4 is 10.1 Å². The summed E-state index contributed by atoms with van der Waals surface area (Å²) in [4.78, 5) is 13.7. The van der Waals surface area contributed by atoms with Crippen molar-refractivity contribution in [2.75, 3.05) is 6.61 Å². The summed E-state index contributed by atoms with van der Waals surface area (Å²) in [5, 5.41) is 15.3. The van der Waals surface area contributed by atoms with Crippen LogP contribution in [0.25, 0.3) is 11.4 Å². The number of hydrogen-bond acceptors (Lipinski definition) is 5. The van der Waals surface area contributed by atoms with Crippen molar-refractivity contribution in [1.82, 2.24) is 25.5 Å². The molecule has 1 aliphatic heterocycles. The van der Waals surface area contributed by atoms with E-state index in [0.717, 1.165) is 27.8 Å². The van der Waals surface area contributed by atoms with Gasteiger partial charge in [0.15, 0.2) is 0 Å². The normalized spacial score (nSPS) is 15.8. The van der Waals surface area contributed by atoms with E-state index < -0.39 is 0 Å². The number of carbonyl (C=O) groups is 1. The van der Waals surface area contributed by atoms with E-state index in [1.165, 1.54) is 4.80 Å². The smallest absolute Gasteiger partial charge is 0.244 e. The first-order valence-electron chi connectivity index (χ1n) is 8.24. The number of hydrogen-bond donors (Lipinski definition) is 1. The maximum atomic E-state index is 12.4. The highest BCUT2D eigenvalue weighted by Gasteiger charge is 2.23. The standard InChI is InChI=1S/C18H16BrN5O2/c19-13-7-5-12(6-8-13)18-21-23-24(22-18)11-17(25)20-15-9-10-26-16-4-2-1-3-14(15)16/h1-8,15H,9-11H2,(H,20,25). The Hall–Kier alpha value is -2.74. The van der Waals surface area contributed by atoms with Crippen LogP contribution in [0.1, 0.15) is 18.0 Å². The maximum absolute atomic E-state index is 12.4. The molecule has 1 unspecified atom stereocenters. The summed E-state index contributed by atoms with van der Waals surface area (Å²) in [5.41, 5.74) is 1.84. The van der Waals surface area contributed by atoms with E-state index in [2.05, 4.69) is 36.7 Å². The van der Waals surface area contributed by atoms with Gasteiger partial charge < -0.3 is 10.1 Å². The van der Waals surface area contributed by atoms with Gasteiger partial charge in [-0.15, -0.1) is 10.2 Å². The van der Waals surface area contributed by atoms with Gasteiger partial charge in [0.2, 0.25) is 11.7 Å². The van der Waals surface area contributed by atoms with Crippen molar-refractivity contribution >= 4 is 21.8 Å². The molecular formula is C18H16BrN5O2. The Morgan fingerprint density at radius 2 is 2.04 bits per heavy atom. The van der Waals surface area contributed by atoms with Crippen LogP contribution in [0.15, 0.2) is 53.0 Å². The van der Waals surface area contributed by atoms with Gasteiger partial charge >= 0.3 is 0 Å². The zero-order valence-electron chi connectivity index (χ0n) is 13.8. The molecule has 1 atom stereocenters. The van der Waals surface area contributed by atoms with Crippen molar-refractivity contribution in [3.63, 3.8) is 0 Å². The largest absolute Gasteiger partial charge is 0.493 e. The predicted octanol–water partition coefficient (Wildman–Crippen LogP) is 2.74. The first-order chi connectivity index (χ1) is 12.7. The zero-order valence-corrected chi connectivity index (χ0v) is 15.4. The number of carbonyl (C=O) groups excluding carboxylic acids is 1. The Bertz CT molecular complexity index is 925. The fourth-order valence-electron chi connectivity index (χ4n) is 2.89. The third-order valence-electron chi connectivity index (χ3n) is 4.13. The third-order valence-corrected chi connectivity index (χ3v) is 4.66. The molecule has 0 radical (unpaired) electrons. The number of ether oxygens (including phenoxy) is 1. The van der Waals surface area contributed by atoms with Crippen LogP contribution in [-0.4, -0.2) is 32.7 Å². The number of halogens is 1. The lowest BCUT2D eigenvalue weighted by molar-refractivity contribution is -0.123. The Morgan fingerprint density at radius 1 is 1.23 bits per heavy atom. The van der Waals surface area contributed by atoms with Crippen LogP contribution in [0.4, 0.5) is 0 Å². The molecule has 0 fully saturated rings. The lowest BCUT2D eigenvalue weighted by Crippen LogP contribution is -2.34. The molecule has 0 saturated heterocycles. The number of tetrazole rings is 1. The SMILES string of the molecule is O=C(Cn1nnc(-c2ccc(Br)cc2)n1)NC1CCOc2ccccc21. The van der Waals surface area contributed by atoms with Crippen LogP contribution in [0, 0.1) is 0 Å². The van der Waals surface area contributed by atoms with Gasteiger partial charge in [-0.1, -0.05) is 34.1 Å². The van der Waals surface area contributed by atoms with Gasteiger partial charge in [0.1, 0.15) is 12.3 Å². The van der Waals surface area contributed by atoms with Crippen LogP contribution in [-0.2, 0) is 11.3 Å². The van der Waals surface area contributed by atoms with Crippen molar-refractivity contribution in [2.45, 2.75) is 19.0 Å². The molecule has 0 saturated carbocycles. The highest BCUT2D eigenvalue weighted by Crippen LogP contribution is 2.31. The van der Waals surface area contributed by atoms with Crippen molar-refractivity contribution in [3.05, 3.63) is 58.6 Å². The summed E-state index contributed by atoms with van der Waals surface area (Å²) < 4.78 is 6.60. The molecule has 0 bridgehead atoms. The number of para-hydroxylation sites is 1. The second-order valence-corrected chi connectivity index (χ2v) is 6.86. The molecule has 2 aromatic carbocycles. The first-order valence-corrected chi connectivity index (χ1v) is 9.03. The van der Waals surface area contributed by atoms with Gasteiger partial charge in [0, 0.05) is 22.0 Å². The van der Waals surface area contributed by atoms with E-state index in [1.54, 1.807) is 0 Å². The number of benzene rings is 2. The number of rotatable bonds is 4. The van der Waals surface area contributed by atoms with Crippen LogP contribution in [0.3, 0.4) is 0 Å². The molecule has 0 aliphatic carbocycles. The average molecular weight is 414 g/mol. The van der Waals surface area contributed by atoms with Crippen LogP contribution in [0.2, 0.25) is 0 Å². The third kappa shape index (κ3) is 3.60. The van der Waals surface area contributed by atoms with Crippen molar-refractivity contribution < 1.29 is 9.53 Å². The Kier molecular flexibility index (Phi) is 4.66. The number of nitrogens with zero attached hydrogens (tertiary/aromatic N) is 4. The minimum Gasteiger partial charge on any atom is -0.493 e. The highest BCUT2D eigenvalue weighted by atomic mass is 79.9. The Morgan fingerprint density at radius 3 is 2.88 bits per heavy atom. The van der Waals surface area contributed by atoms with E-state index in [9.17, 15) is 4.79 Å². The molecule has 2 heterocycles. The minimum absolute atomic E-state index is 0.0169. The molecule has 1 aromatic heterocycles. The Labute approximate surface area is 158 Å². The molecule has 3 aromatic rings. The summed E-state index contributed by atoms with van der Waals surface area (Å²) in [7, 11) is 0. The fraction of sp³-hybridized carbons (Fsp3) is 0.222. The van der Waals surface area contributed by atoms with E-state index in [-0.39, 0.29) is 18.5 Å². The zero-order chi connectivity index (χ0) is 17.9. The second kappa shape index (κ2) is 7.25. The molecule has 0 spiro atoms. The number of amides is 1. The lowest BCUT2D eigenvalue weighted by Gasteiger charge is -2.26. The molecule has 26 heavy (non-hydrogen) atoms. The van der Waals surface area contributed by atoms with Crippen molar-refractivity contribution in [2.24, 2.45) is 0 Å². The van der Waals surface area contributed by atoms with Gasteiger partial charge in [-0.3, -0.25) is 4.79 Å². The summed E-state index contributed by atoms with van der Waals surface area (Å²) in [5.74, 6) is 1.15. The van der Waals surface area contributed by atoms with Gasteiger partial charge in [0.25, 0.3) is 0 Å². The molecule has 4 rings (SSSR count). The van der Waals surface area contributed by atoms with Gasteiger partial charge in [-0.05, 0) is 35.5 Å². The summed E-state index contributed by atoms with van der Waals surface area (Å²) in [6.45, 7) is 0.598. The quantitative estimate of drug-likeness (QED) is 0.710. The highest BCUT2D eigenvalue weighted by molar-refractivity contribution is 9.10. The molecule has 7 nitrogen and oxygen atoms in total. The maximum Gasteiger partial charge on any atom is 0.244 e. The lowest BCUT2D eigenvalue weighted by atomic mass is 10.0. The fourth-order valence-corrected chi connectivity index (χ4v) is 3.15. The second-order valence-electron chi connectivity index (χ2n) is 5.95. The molecule has 8 heteroatoms. The summed E-state index contributed by atoms with van der Waals surface area (Å²) in [6, 6.07) is 15.3. The average Bonchev–Trinajstić information content (AvgIpc) is 3.11. The minimum atomic E-state index is -0.161. The topological polar surface area (TPSA) is 81.9 Å². The summed E-state index contributed by atoms with van der Waals surface area (Å²) in [6.07, 6.45) is 0.734. The molecule has 132 valence electrons.